The molecule has 0 fully saturated rings. The van der Waals surface area contributed by atoms with Gasteiger partial charge in [0.1, 0.15) is 0 Å². The van der Waals surface area contributed by atoms with Gasteiger partial charge in [0.2, 0.25) is 0 Å². The highest BCUT2D eigenvalue weighted by Gasteiger charge is 2.42. The van der Waals surface area contributed by atoms with E-state index in [2.05, 4.69) is 0 Å². The minimum Gasteiger partial charge on any atom is -0.392 e. The summed E-state index contributed by atoms with van der Waals surface area (Å²) in [5.41, 5.74) is 0.773. The monoisotopic (exact) mass is 228 g/mol. The summed E-state index contributed by atoms with van der Waals surface area (Å²) in [5, 5.41) is 10.0. The molecule has 4 nitrogen and oxygen atoms in total. The molecule has 0 bridgehead atoms. The molecule has 0 aliphatic heterocycles. The molecule has 0 aliphatic carbocycles. The van der Waals surface area contributed by atoms with Gasteiger partial charge in [-0.05, 0) is 5.56 Å². The highest BCUT2D eigenvalue weighted by molar-refractivity contribution is 6.75. The zero-order valence-electron chi connectivity index (χ0n) is 9.19. The molecular weight excluding hydrogens is 212 g/mol. The summed E-state index contributed by atoms with van der Waals surface area (Å²) in [4.78, 5) is 0. The first kappa shape index (κ1) is 12.3. The zero-order valence-corrected chi connectivity index (χ0v) is 10.2. The molecule has 0 aliphatic rings. The second-order valence-electron chi connectivity index (χ2n) is 2.98. The van der Waals surface area contributed by atoms with E-state index in [4.69, 9.17) is 13.3 Å². The van der Waals surface area contributed by atoms with Crippen molar-refractivity contribution in [3.8, 4) is 0 Å². The summed E-state index contributed by atoms with van der Waals surface area (Å²) < 4.78 is 16.0. The van der Waals surface area contributed by atoms with Crippen molar-refractivity contribution < 1.29 is 18.4 Å². The lowest BCUT2D eigenvalue weighted by Crippen LogP contribution is -2.55. The Labute approximate surface area is 90.8 Å². The standard InChI is InChI=1S/C10H16O4Si/c1-12-15(13-2,14-3)10-7-5-4-6-9(10)8-11/h4-7,11H,8H2,1-3H3. The van der Waals surface area contributed by atoms with E-state index in [1.54, 1.807) is 21.3 Å². The van der Waals surface area contributed by atoms with Crippen LogP contribution in [0.5, 0.6) is 0 Å². The molecule has 1 rings (SSSR count). The van der Waals surface area contributed by atoms with Crippen molar-refractivity contribution in [2.75, 3.05) is 21.3 Å². The molecule has 0 spiro atoms. The smallest absolute Gasteiger partial charge is 0.392 e. The highest BCUT2D eigenvalue weighted by atomic mass is 28.4. The van der Waals surface area contributed by atoms with Gasteiger partial charge in [-0.1, -0.05) is 24.3 Å². The molecule has 0 amide bonds. The Balaban J connectivity index is 3.21. The third-order valence-electron chi connectivity index (χ3n) is 2.32. The predicted molar refractivity (Wildman–Crippen MR) is 58.8 cm³/mol. The Bertz CT molecular complexity index is 304. The second kappa shape index (κ2) is 5.39. The first-order chi connectivity index (χ1) is 7.24. The fourth-order valence-corrected chi connectivity index (χ4v) is 3.55. The third kappa shape index (κ3) is 2.27. The fourth-order valence-electron chi connectivity index (χ4n) is 1.54. The van der Waals surface area contributed by atoms with E-state index in [-0.39, 0.29) is 6.61 Å². The molecule has 0 unspecified atom stereocenters. The maximum absolute atomic E-state index is 9.22. The van der Waals surface area contributed by atoms with Gasteiger partial charge in [-0.3, -0.25) is 0 Å². The molecule has 1 aromatic carbocycles. The van der Waals surface area contributed by atoms with Crippen LogP contribution in [0.2, 0.25) is 0 Å². The van der Waals surface area contributed by atoms with E-state index in [0.717, 1.165) is 10.8 Å². The molecule has 0 aromatic heterocycles. The molecule has 0 heterocycles. The van der Waals surface area contributed by atoms with Crippen molar-refractivity contribution in [2.24, 2.45) is 0 Å². The molecule has 0 atom stereocenters. The van der Waals surface area contributed by atoms with E-state index >= 15 is 0 Å². The first-order valence-corrected chi connectivity index (χ1v) is 6.31. The number of aliphatic hydroxyl groups is 1. The van der Waals surface area contributed by atoms with Crippen LogP contribution >= 0.6 is 0 Å². The van der Waals surface area contributed by atoms with Crippen molar-refractivity contribution >= 4 is 14.0 Å². The van der Waals surface area contributed by atoms with E-state index in [1.807, 2.05) is 24.3 Å². The van der Waals surface area contributed by atoms with Crippen LogP contribution in [0.1, 0.15) is 5.56 Å². The number of rotatable bonds is 5. The van der Waals surface area contributed by atoms with Crippen LogP contribution < -0.4 is 5.19 Å². The molecule has 0 saturated heterocycles. The summed E-state index contributed by atoms with van der Waals surface area (Å²) in [6.45, 7) is -0.0546. The Morgan fingerprint density at radius 3 is 2.07 bits per heavy atom. The van der Waals surface area contributed by atoms with Crippen LogP contribution in [-0.4, -0.2) is 35.2 Å². The normalized spacial score (nSPS) is 11.7. The second-order valence-corrected chi connectivity index (χ2v) is 5.86. The van der Waals surface area contributed by atoms with Gasteiger partial charge < -0.3 is 18.4 Å². The molecule has 0 saturated carbocycles. The van der Waals surface area contributed by atoms with Crippen LogP contribution in [0, 0.1) is 0 Å². The molecular formula is C10H16O4Si. The molecule has 1 N–H and O–H groups in total. The maximum atomic E-state index is 9.22. The number of aliphatic hydroxyl groups excluding tert-OH is 1. The van der Waals surface area contributed by atoms with Crippen LogP contribution in [0.3, 0.4) is 0 Å². The lowest BCUT2D eigenvalue weighted by atomic mass is 10.2. The van der Waals surface area contributed by atoms with Crippen LogP contribution in [0.4, 0.5) is 0 Å². The summed E-state index contributed by atoms with van der Waals surface area (Å²) in [6, 6.07) is 7.41. The topological polar surface area (TPSA) is 47.9 Å². The highest BCUT2D eigenvalue weighted by Crippen LogP contribution is 2.10. The van der Waals surface area contributed by atoms with Gasteiger partial charge in [-0.2, -0.15) is 0 Å². The van der Waals surface area contributed by atoms with E-state index in [1.165, 1.54) is 0 Å². The van der Waals surface area contributed by atoms with Crippen LogP contribution in [-0.2, 0) is 19.9 Å². The predicted octanol–water partition coefficient (Wildman–Crippen LogP) is 0.264. The van der Waals surface area contributed by atoms with Crippen molar-refractivity contribution in [2.45, 2.75) is 6.61 Å². The minimum atomic E-state index is -2.82. The Hall–Kier alpha value is -0.723. The molecule has 15 heavy (non-hydrogen) atoms. The average Bonchev–Trinajstić information content (AvgIpc) is 2.33. The average molecular weight is 228 g/mol. The SMILES string of the molecule is CO[Si](OC)(OC)c1ccccc1CO. The van der Waals surface area contributed by atoms with E-state index < -0.39 is 8.80 Å². The summed E-state index contributed by atoms with van der Waals surface area (Å²) >= 11 is 0. The van der Waals surface area contributed by atoms with Crippen LogP contribution in [0.15, 0.2) is 24.3 Å². The van der Waals surface area contributed by atoms with Gasteiger partial charge >= 0.3 is 8.80 Å². The Morgan fingerprint density at radius 1 is 1.07 bits per heavy atom. The van der Waals surface area contributed by atoms with Crippen LogP contribution in [0.25, 0.3) is 0 Å². The molecule has 1 aromatic rings. The largest absolute Gasteiger partial charge is 0.536 e. The van der Waals surface area contributed by atoms with Crippen molar-refractivity contribution in [1.82, 2.24) is 0 Å². The molecule has 0 radical (unpaired) electrons. The molecule has 84 valence electrons. The van der Waals surface area contributed by atoms with Gasteiger partial charge in [0.25, 0.3) is 0 Å². The summed E-state index contributed by atoms with van der Waals surface area (Å²) in [5.74, 6) is 0. The maximum Gasteiger partial charge on any atom is 0.536 e. The first-order valence-electron chi connectivity index (χ1n) is 4.58. The zero-order chi connectivity index (χ0) is 11.3. The Kier molecular flexibility index (Phi) is 4.43. The lowest BCUT2D eigenvalue weighted by molar-refractivity contribution is 0.139. The lowest BCUT2D eigenvalue weighted by Gasteiger charge is -2.26. The van der Waals surface area contributed by atoms with E-state index in [9.17, 15) is 5.11 Å². The summed E-state index contributed by atoms with van der Waals surface area (Å²) in [6.07, 6.45) is 0. The number of hydrogen-bond donors (Lipinski definition) is 1. The van der Waals surface area contributed by atoms with Gasteiger partial charge in [0, 0.05) is 26.5 Å². The minimum absolute atomic E-state index is 0.0546. The number of benzene rings is 1. The van der Waals surface area contributed by atoms with E-state index in [0.29, 0.717) is 0 Å². The third-order valence-corrected chi connectivity index (χ3v) is 5.08. The van der Waals surface area contributed by atoms with Gasteiger partial charge in [-0.15, -0.1) is 0 Å². The van der Waals surface area contributed by atoms with Gasteiger partial charge in [0.05, 0.1) is 6.61 Å². The van der Waals surface area contributed by atoms with Crippen molar-refractivity contribution in [3.05, 3.63) is 29.8 Å². The quantitative estimate of drug-likeness (QED) is 0.735. The number of hydrogen-bond acceptors (Lipinski definition) is 4. The van der Waals surface area contributed by atoms with Crippen molar-refractivity contribution in [1.29, 1.82) is 0 Å². The molecule has 5 heteroatoms. The van der Waals surface area contributed by atoms with Crippen molar-refractivity contribution in [3.63, 3.8) is 0 Å². The van der Waals surface area contributed by atoms with Gasteiger partial charge in [0.15, 0.2) is 0 Å². The summed E-state index contributed by atoms with van der Waals surface area (Å²) in [7, 11) is 1.83. The Morgan fingerprint density at radius 2 is 1.60 bits per heavy atom. The fraction of sp³-hybridized carbons (Fsp3) is 0.400. The van der Waals surface area contributed by atoms with Gasteiger partial charge in [-0.25, -0.2) is 0 Å².